The molecule has 1 saturated heterocycles. The third-order valence-electron chi connectivity index (χ3n) is 4.62. The van der Waals surface area contributed by atoms with Crippen molar-refractivity contribution in [1.29, 1.82) is 0 Å². The smallest absolute Gasteiger partial charge is 0.264 e. The number of halogens is 1. The van der Waals surface area contributed by atoms with E-state index < -0.39 is 0 Å². The van der Waals surface area contributed by atoms with Gasteiger partial charge in [-0.15, -0.1) is 0 Å². The molecule has 28 heavy (non-hydrogen) atoms. The normalized spacial score (nSPS) is 14.4. The summed E-state index contributed by atoms with van der Waals surface area (Å²) in [6.45, 7) is 2.42. The van der Waals surface area contributed by atoms with Gasteiger partial charge in [-0.3, -0.25) is 18.8 Å². The Morgan fingerprint density at radius 3 is 2.89 bits per heavy atom. The van der Waals surface area contributed by atoms with Crippen LogP contribution in [0.5, 0.6) is 0 Å². The number of amides is 1. The molecule has 1 aliphatic rings. The van der Waals surface area contributed by atoms with E-state index in [0.29, 0.717) is 48.0 Å². The predicted octanol–water partition coefficient (Wildman–Crippen LogP) is 1.26. The number of morpholine rings is 1. The SMILES string of the molecule is Cn1ncc2c(=O)n(CC(=O)Nc3cccc(Cl)c3N3CCOCC3)cnc21. The summed E-state index contributed by atoms with van der Waals surface area (Å²) < 4.78 is 8.16. The molecule has 0 aliphatic carbocycles. The first-order chi connectivity index (χ1) is 13.5. The van der Waals surface area contributed by atoms with Gasteiger partial charge in [-0.2, -0.15) is 5.10 Å². The van der Waals surface area contributed by atoms with Crippen LogP contribution >= 0.6 is 11.6 Å². The third kappa shape index (κ3) is 3.46. The Labute approximate surface area is 165 Å². The highest BCUT2D eigenvalue weighted by molar-refractivity contribution is 6.34. The van der Waals surface area contributed by atoms with E-state index in [0.717, 1.165) is 5.69 Å². The Bertz CT molecular complexity index is 1090. The van der Waals surface area contributed by atoms with Crippen molar-refractivity contribution in [2.24, 2.45) is 7.05 Å². The zero-order valence-corrected chi connectivity index (χ0v) is 16.0. The van der Waals surface area contributed by atoms with Crippen LogP contribution in [0, 0.1) is 0 Å². The van der Waals surface area contributed by atoms with Crippen molar-refractivity contribution in [3.63, 3.8) is 0 Å². The number of nitrogens with one attached hydrogen (secondary N) is 1. The van der Waals surface area contributed by atoms with Crippen molar-refractivity contribution in [2.45, 2.75) is 6.54 Å². The van der Waals surface area contributed by atoms with E-state index in [1.165, 1.54) is 21.8 Å². The maximum Gasteiger partial charge on any atom is 0.264 e. The molecular formula is C18H19ClN6O3. The van der Waals surface area contributed by atoms with Crippen molar-refractivity contribution in [3.8, 4) is 0 Å². The van der Waals surface area contributed by atoms with Gasteiger partial charge in [0.1, 0.15) is 18.3 Å². The molecule has 3 heterocycles. The summed E-state index contributed by atoms with van der Waals surface area (Å²) in [5.41, 5.74) is 1.52. The average molecular weight is 403 g/mol. The second-order valence-electron chi connectivity index (χ2n) is 6.47. The van der Waals surface area contributed by atoms with Crippen LogP contribution < -0.4 is 15.8 Å². The first-order valence-electron chi connectivity index (χ1n) is 8.83. The van der Waals surface area contributed by atoms with Gasteiger partial charge in [0.2, 0.25) is 5.91 Å². The number of fused-ring (bicyclic) bond motifs is 1. The molecule has 0 spiro atoms. The number of benzene rings is 1. The molecule has 1 aromatic carbocycles. The fourth-order valence-electron chi connectivity index (χ4n) is 3.25. The molecule has 1 N–H and O–H groups in total. The molecule has 9 nitrogen and oxygen atoms in total. The number of aryl methyl sites for hydroxylation is 1. The van der Waals surface area contributed by atoms with Crippen LogP contribution in [0.2, 0.25) is 5.02 Å². The van der Waals surface area contributed by atoms with Crippen molar-refractivity contribution in [3.05, 3.63) is 46.1 Å². The molecular weight excluding hydrogens is 384 g/mol. The second kappa shape index (κ2) is 7.61. The topological polar surface area (TPSA) is 94.3 Å². The third-order valence-corrected chi connectivity index (χ3v) is 4.93. The van der Waals surface area contributed by atoms with Crippen LogP contribution in [-0.4, -0.2) is 51.5 Å². The summed E-state index contributed by atoms with van der Waals surface area (Å²) in [5, 5.41) is 7.81. The quantitative estimate of drug-likeness (QED) is 0.706. The van der Waals surface area contributed by atoms with Gasteiger partial charge in [-0.05, 0) is 12.1 Å². The molecule has 0 saturated carbocycles. The van der Waals surface area contributed by atoms with Gasteiger partial charge in [0.15, 0.2) is 5.65 Å². The molecule has 1 fully saturated rings. The maximum atomic E-state index is 12.6. The van der Waals surface area contributed by atoms with Crippen LogP contribution in [0.15, 0.2) is 35.5 Å². The molecule has 0 atom stereocenters. The Kier molecular flexibility index (Phi) is 5.01. The molecule has 1 aliphatic heterocycles. The summed E-state index contributed by atoms with van der Waals surface area (Å²) in [5.74, 6) is -0.344. The second-order valence-corrected chi connectivity index (χ2v) is 6.87. The fourth-order valence-corrected chi connectivity index (χ4v) is 3.54. The van der Waals surface area contributed by atoms with Gasteiger partial charge < -0.3 is 15.0 Å². The number of nitrogens with zero attached hydrogens (tertiary/aromatic N) is 5. The summed E-state index contributed by atoms with van der Waals surface area (Å²) in [6.07, 6.45) is 2.80. The van der Waals surface area contributed by atoms with E-state index in [9.17, 15) is 9.59 Å². The Morgan fingerprint density at radius 2 is 2.11 bits per heavy atom. The Hall–Kier alpha value is -2.91. The molecule has 146 valence electrons. The van der Waals surface area contributed by atoms with E-state index in [1.807, 2.05) is 0 Å². The lowest BCUT2D eigenvalue weighted by atomic mass is 10.2. The van der Waals surface area contributed by atoms with Crippen molar-refractivity contribution >= 4 is 39.9 Å². The summed E-state index contributed by atoms with van der Waals surface area (Å²) >= 11 is 6.39. The highest BCUT2D eigenvalue weighted by atomic mass is 35.5. The lowest BCUT2D eigenvalue weighted by Gasteiger charge is -2.31. The molecule has 0 radical (unpaired) electrons. The highest BCUT2D eigenvalue weighted by Gasteiger charge is 2.19. The van der Waals surface area contributed by atoms with E-state index >= 15 is 0 Å². The van der Waals surface area contributed by atoms with Crippen LogP contribution in [0.4, 0.5) is 11.4 Å². The minimum atomic E-state index is -0.344. The number of para-hydroxylation sites is 1. The largest absolute Gasteiger partial charge is 0.378 e. The highest BCUT2D eigenvalue weighted by Crippen LogP contribution is 2.34. The molecule has 4 rings (SSSR count). The Morgan fingerprint density at radius 1 is 1.32 bits per heavy atom. The molecule has 3 aromatic rings. The molecule has 2 aromatic heterocycles. The van der Waals surface area contributed by atoms with Crippen molar-refractivity contribution < 1.29 is 9.53 Å². The van der Waals surface area contributed by atoms with E-state index in [4.69, 9.17) is 16.3 Å². The zero-order chi connectivity index (χ0) is 19.7. The van der Waals surface area contributed by atoms with Gasteiger partial charge in [0, 0.05) is 20.1 Å². The molecule has 1 amide bonds. The van der Waals surface area contributed by atoms with E-state index in [1.54, 1.807) is 25.2 Å². The van der Waals surface area contributed by atoms with Crippen LogP contribution in [0.3, 0.4) is 0 Å². The van der Waals surface area contributed by atoms with Crippen molar-refractivity contribution in [2.75, 3.05) is 36.5 Å². The minimum absolute atomic E-state index is 0.161. The lowest BCUT2D eigenvalue weighted by Crippen LogP contribution is -2.37. The predicted molar refractivity (Wildman–Crippen MR) is 106 cm³/mol. The number of ether oxygens (including phenoxy) is 1. The number of hydrogen-bond donors (Lipinski definition) is 1. The van der Waals surface area contributed by atoms with E-state index in [-0.39, 0.29) is 18.0 Å². The number of aromatic nitrogens is 4. The monoisotopic (exact) mass is 402 g/mol. The summed E-state index contributed by atoms with van der Waals surface area (Å²) in [6, 6.07) is 5.35. The number of rotatable bonds is 4. The fraction of sp³-hybridized carbons (Fsp3) is 0.333. The molecule has 10 heteroatoms. The maximum absolute atomic E-state index is 12.6. The lowest BCUT2D eigenvalue weighted by molar-refractivity contribution is -0.116. The van der Waals surface area contributed by atoms with Crippen LogP contribution in [0.1, 0.15) is 0 Å². The van der Waals surface area contributed by atoms with E-state index in [2.05, 4.69) is 20.3 Å². The zero-order valence-electron chi connectivity index (χ0n) is 15.3. The van der Waals surface area contributed by atoms with Gasteiger partial charge in [0.05, 0.1) is 35.8 Å². The minimum Gasteiger partial charge on any atom is -0.378 e. The Balaban J connectivity index is 1.57. The van der Waals surface area contributed by atoms with Gasteiger partial charge >= 0.3 is 0 Å². The summed E-state index contributed by atoms with van der Waals surface area (Å²) in [4.78, 5) is 31.4. The number of anilines is 2. The first-order valence-corrected chi connectivity index (χ1v) is 9.20. The van der Waals surface area contributed by atoms with Gasteiger partial charge in [-0.1, -0.05) is 17.7 Å². The van der Waals surface area contributed by atoms with Gasteiger partial charge in [-0.25, -0.2) is 4.98 Å². The van der Waals surface area contributed by atoms with Crippen LogP contribution in [-0.2, 0) is 23.1 Å². The number of carbonyl (C=O) groups is 1. The average Bonchev–Trinajstić information content (AvgIpc) is 3.06. The molecule has 0 bridgehead atoms. The number of carbonyl (C=O) groups excluding carboxylic acids is 1. The van der Waals surface area contributed by atoms with Gasteiger partial charge in [0.25, 0.3) is 5.56 Å². The number of hydrogen-bond acceptors (Lipinski definition) is 6. The van der Waals surface area contributed by atoms with Crippen molar-refractivity contribution in [1.82, 2.24) is 19.3 Å². The molecule has 0 unspecified atom stereocenters. The first kappa shape index (κ1) is 18.5. The standard InChI is InChI=1S/C18H19ClN6O3/c1-23-17-12(9-21-23)18(27)25(11-20-17)10-15(26)22-14-4-2-3-13(19)16(14)24-5-7-28-8-6-24/h2-4,9,11H,5-8,10H2,1H3,(H,22,26). The van der Waals surface area contributed by atoms with Crippen LogP contribution in [0.25, 0.3) is 11.0 Å². The summed E-state index contributed by atoms with van der Waals surface area (Å²) in [7, 11) is 1.71.